The van der Waals surface area contributed by atoms with Gasteiger partial charge < -0.3 is 37.8 Å². The molecule has 13 heteroatoms. The van der Waals surface area contributed by atoms with E-state index in [1.54, 1.807) is 0 Å². The average molecular weight is 386 g/mol. The number of carboxylic acid groups (broad SMARTS) is 5. The fraction of sp³-hybridized carbons (Fsp3) is 0.417. The van der Waals surface area contributed by atoms with Gasteiger partial charge >= 0.3 is 29.6 Å². The molecule has 0 aliphatic carbocycles. The second-order valence-electron chi connectivity index (χ2n) is 2.60. The fourth-order valence-corrected chi connectivity index (χ4v) is 0. The van der Waals surface area contributed by atoms with Gasteiger partial charge in [-0.3, -0.25) is 24.0 Å². The van der Waals surface area contributed by atoms with Crippen molar-refractivity contribution in [1.82, 2.24) is 12.3 Å². The van der Waals surface area contributed by atoms with Crippen molar-refractivity contribution in [3.05, 3.63) is 13.2 Å². The van der Waals surface area contributed by atoms with E-state index in [1.165, 1.54) is 0 Å². The summed E-state index contributed by atoms with van der Waals surface area (Å²) < 4.78 is 0. The van der Waals surface area contributed by atoms with Gasteiger partial charge in [0.2, 0.25) is 0 Å². The Labute approximate surface area is 169 Å². The molecule has 150 valence electrons. The molecule has 0 rings (SSSR count). The van der Waals surface area contributed by atoms with E-state index < -0.39 is 29.8 Å². The van der Waals surface area contributed by atoms with E-state index >= 15 is 0 Å². The van der Waals surface area contributed by atoms with Crippen molar-refractivity contribution in [2.75, 3.05) is 0 Å². The summed E-state index contributed by atoms with van der Waals surface area (Å²) in [6.07, 6.45) is 0. The molecule has 0 aromatic carbocycles. The van der Waals surface area contributed by atoms with Gasteiger partial charge in [-0.15, -0.1) is 13.2 Å². The number of aliphatic carboxylic acids is 5. The first-order valence-corrected chi connectivity index (χ1v) is 5.14. The Morgan fingerprint density at radius 2 is 0.480 bits per heavy atom. The van der Waals surface area contributed by atoms with Crippen LogP contribution >= 0.6 is 0 Å². The van der Waals surface area contributed by atoms with Gasteiger partial charge in [0, 0.05) is 34.6 Å². The van der Waals surface area contributed by atoms with Crippen molar-refractivity contribution >= 4 is 59.4 Å². The van der Waals surface area contributed by atoms with Crippen molar-refractivity contribution in [3.63, 3.8) is 0 Å². The summed E-state index contributed by atoms with van der Waals surface area (Å²) in [7, 11) is 0. The van der Waals surface area contributed by atoms with Gasteiger partial charge in [-0.1, -0.05) is 0 Å². The molecule has 0 unspecified atom stereocenters. The molecule has 0 spiro atoms. The SMILES string of the molecule is C=C.CC(=O)O.CC(=O)O.CC(=O)O.CC(=O)O.CC(=O)O.N.N.[NaH]. The Kier molecular flexibility index (Phi) is 130. The Hall–Kier alpha value is -1.99. The Balaban J connectivity index is -0.0000000173. The molecule has 11 N–H and O–H groups in total. The van der Waals surface area contributed by atoms with Gasteiger partial charge in [-0.25, -0.2) is 0 Å². The quantitative estimate of drug-likeness (QED) is 0.226. The summed E-state index contributed by atoms with van der Waals surface area (Å²) in [6, 6.07) is 0. The summed E-state index contributed by atoms with van der Waals surface area (Å²) in [5.74, 6) is -4.17. The molecule has 0 aliphatic rings. The van der Waals surface area contributed by atoms with Crippen LogP contribution in [0.3, 0.4) is 0 Å². The van der Waals surface area contributed by atoms with E-state index in [9.17, 15) is 0 Å². The molecule has 0 heterocycles. The van der Waals surface area contributed by atoms with E-state index in [0.717, 1.165) is 34.6 Å². The van der Waals surface area contributed by atoms with Crippen LogP contribution in [-0.2, 0) is 24.0 Å². The predicted octanol–water partition coefficient (Wildman–Crippen LogP) is 0.932. The number of rotatable bonds is 0. The van der Waals surface area contributed by atoms with Gasteiger partial charge in [0.25, 0.3) is 29.8 Å². The molecule has 0 aromatic heterocycles. The summed E-state index contributed by atoms with van der Waals surface area (Å²) >= 11 is 0. The van der Waals surface area contributed by atoms with Gasteiger partial charge in [0.1, 0.15) is 0 Å². The summed E-state index contributed by atoms with van der Waals surface area (Å²) in [6.45, 7) is 11.4. The van der Waals surface area contributed by atoms with E-state index in [-0.39, 0.29) is 41.9 Å². The van der Waals surface area contributed by atoms with Crippen LogP contribution in [0.2, 0.25) is 0 Å². The number of hydrogen-bond donors (Lipinski definition) is 7. The number of hydrogen-bond acceptors (Lipinski definition) is 7. The van der Waals surface area contributed by atoms with E-state index in [0.29, 0.717) is 0 Å². The van der Waals surface area contributed by atoms with Crippen LogP contribution in [0.25, 0.3) is 0 Å². The summed E-state index contributed by atoms with van der Waals surface area (Å²) in [5, 5.41) is 37.1. The maximum absolute atomic E-state index is 9.00. The molecule has 0 aliphatic heterocycles. The first-order valence-electron chi connectivity index (χ1n) is 5.14. The van der Waals surface area contributed by atoms with Crippen molar-refractivity contribution in [2.45, 2.75) is 34.6 Å². The van der Waals surface area contributed by atoms with Crippen LogP contribution in [0, 0.1) is 0 Å². The molecule has 0 amide bonds. The van der Waals surface area contributed by atoms with Crippen LogP contribution < -0.4 is 12.3 Å². The third-order valence-corrected chi connectivity index (χ3v) is 0. The minimum atomic E-state index is -0.833. The zero-order valence-electron chi connectivity index (χ0n) is 14.6. The third kappa shape index (κ3) is 2230. The van der Waals surface area contributed by atoms with Crippen molar-refractivity contribution in [2.24, 2.45) is 0 Å². The van der Waals surface area contributed by atoms with Crippen molar-refractivity contribution in [1.29, 1.82) is 0 Å². The monoisotopic (exact) mass is 386 g/mol. The molecule has 0 aromatic rings. The average Bonchev–Trinajstić information content (AvgIpc) is 2.14. The first-order chi connectivity index (χ1) is 9.66. The topological polar surface area (TPSA) is 256 Å². The van der Waals surface area contributed by atoms with Crippen LogP contribution in [0.5, 0.6) is 0 Å². The maximum atomic E-state index is 9.00. The second kappa shape index (κ2) is 57.4. The van der Waals surface area contributed by atoms with E-state index in [4.69, 9.17) is 49.5 Å². The van der Waals surface area contributed by atoms with E-state index in [2.05, 4.69) is 13.2 Å². The van der Waals surface area contributed by atoms with Crippen molar-refractivity contribution in [3.8, 4) is 0 Å². The Morgan fingerprint density at radius 1 is 0.480 bits per heavy atom. The van der Waals surface area contributed by atoms with Gasteiger partial charge in [0.05, 0.1) is 0 Å². The minimum absolute atomic E-state index is 0. The molecule has 25 heavy (non-hydrogen) atoms. The Morgan fingerprint density at radius 3 is 0.480 bits per heavy atom. The molecule has 0 saturated carbocycles. The first kappa shape index (κ1) is 56.8. The normalized spacial score (nSPS) is 5.16. The fourth-order valence-electron chi connectivity index (χ4n) is 0. The summed E-state index contributed by atoms with van der Waals surface area (Å²) in [5.41, 5.74) is 0. The number of carbonyl (C=O) groups is 5. The van der Waals surface area contributed by atoms with Crippen LogP contribution in [0.4, 0.5) is 0 Å². The second-order valence-corrected chi connectivity index (χ2v) is 2.60. The molecule has 12 nitrogen and oxygen atoms in total. The molecule has 0 atom stereocenters. The zero-order valence-corrected chi connectivity index (χ0v) is 14.6. The Bertz CT molecular complexity index is 235. The van der Waals surface area contributed by atoms with Gasteiger partial charge in [0.15, 0.2) is 0 Å². The van der Waals surface area contributed by atoms with E-state index in [1.807, 2.05) is 0 Å². The molecule has 0 bridgehead atoms. The van der Waals surface area contributed by atoms with Crippen LogP contribution in [-0.4, -0.2) is 84.9 Å². The van der Waals surface area contributed by atoms with Crippen LogP contribution in [0.15, 0.2) is 13.2 Å². The number of carboxylic acids is 5. The zero-order chi connectivity index (χ0) is 19.9. The molecular weight excluding hydrogens is 355 g/mol. The molecule has 0 fully saturated rings. The van der Waals surface area contributed by atoms with Crippen LogP contribution in [0.1, 0.15) is 34.6 Å². The molecule has 0 radical (unpaired) electrons. The standard InChI is InChI=1S/5C2H4O2.C2H4.2H3N.Na.H/c5*1-2(3)4;1-2;;;;/h5*1H3,(H,3,4);1-2H2;2*1H3;;. The van der Waals surface area contributed by atoms with Gasteiger partial charge in [-0.2, -0.15) is 0 Å². The molecule has 0 saturated heterocycles. The predicted molar refractivity (Wildman–Crippen MR) is 95.0 cm³/mol. The van der Waals surface area contributed by atoms with Crippen molar-refractivity contribution < 1.29 is 49.5 Å². The van der Waals surface area contributed by atoms with Gasteiger partial charge in [-0.05, 0) is 0 Å². The summed E-state index contributed by atoms with van der Waals surface area (Å²) in [4.78, 5) is 45.0. The third-order valence-electron chi connectivity index (χ3n) is 0. The molecular formula is C12H31N2NaO10.